The number of hydrogen-bond donors (Lipinski definition) is 2. The van der Waals surface area contributed by atoms with Crippen molar-refractivity contribution in [1.82, 2.24) is 10.3 Å². The summed E-state index contributed by atoms with van der Waals surface area (Å²) in [6, 6.07) is 8.11. The van der Waals surface area contributed by atoms with E-state index in [0.29, 0.717) is 0 Å². The molecule has 0 aliphatic rings. The van der Waals surface area contributed by atoms with E-state index >= 15 is 0 Å². The Kier molecular flexibility index (Phi) is 4.61. The van der Waals surface area contributed by atoms with Crippen LogP contribution >= 0.6 is 0 Å². The van der Waals surface area contributed by atoms with Crippen LogP contribution in [0.4, 0.5) is 0 Å². The number of rotatable bonds is 6. The molecule has 0 saturated carbocycles. The summed E-state index contributed by atoms with van der Waals surface area (Å²) in [4.78, 5) is 15.4. The molecule has 0 aliphatic heterocycles. The van der Waals surface area contributed by atoms with Gasteiger partial charge in [0, 0.05) is 23.1 Å². The predicted octanol–water partition coefficient (Wildman–Crippen LogP) is 3.87. The van der Waals surface area contributed by atoms with Crippen LogP contribution in [0.1, 0.15) is 49.9 Å². The van der Waals surface area contributed by atoms with Crippen LogP contribution in [0.5, 0.6) is 0 Å². The number of aromatic amines is 1. The number of para-hydroxylation sites is 1. The fourth-order valence-corrected chi connectivity index (χ4v) is 2.33. The molecular formula is C16H22N2O. The fourth-order valence-electron chi connectivity index (χ4n) is 2.33. The van der Waals surface area contributed by atoms with Crippen molar-refractivity contribution in [3.8, 4) is 0 Å². The molecule has 1 amide bonds. The van der Waals surface area contributed by atoms with E-state index in [1.807, 2.05) is 24.3 Å². The lowest BCUT2D eigenvalue weighted by Gasteiger charge is -2.13. The number of fused-ring (bicyclic) bond motifs is 1. The molecular weight excluding hydrogens is 236 g/mol. The number of amides is 1. The minimum atomic E-state index is 0.0152. The van der Waals surface area contributed by atoms with Crippen molar-refractivity contribution >= 4 is 16.8 Å². The molecule has 1 atom stereocenters. The monoisotopic (exact) mass is 258 g/mol. The summed E-state index contributed by atoms with van der Waals surface area (Å²) < 4.78 is 0. The maximum Gasteiger partial charge on any atom is 0.253 e. The minimum Gasteiger partial charge on any atom is -0.360 e. The summed E-state index contributed by atoms with van der Waals surface area (Å²) in [6.45, 7) is 4.26. The standard InChI is InChI=1S/C16H22N2O/c1-3-4-5-8-12(2)18-16(19)14-11-17-15-10-7-6-9-13(14)15/h6-7,9-12,17H,3-5,8H2,1-2H3,(H,18,19). The molecule has 102 valence electrons. The zero-order valence-corrected chi connectivity index (χ0v) is 11.7. The van der Waals surface area contributed by atoms with Gasteiger partial charge in [0.2, 0.25) is 0 Å². The second-order valence-corrected chi connectivity index (χ2v) is 5.12. The van der Waals surface area contributed by atoms with Gasteiger partial charge in [-0.2, -0.15) is 0 Å². The molecule has 1 heterocycles. The quantitative estimate of drug-likeness (QED) is 0.759. The molecule has 0 fully saturated rings. The second kappa shape index (κ2) is 6.41. The van der Waals surface area contributed by atoms with Gasteiger partial charge in [-0.3, -0.25) is 4.79 Å². The lowest BCUT2D eigenvalue weighted by atomic mass is 10.1. The lowest BCUT2D eigenvalue weighted by Crippen LogP contribution is -2.32. The average molecular weight is 258 g/mol. The summed E-state index contributed by atoms with van der Waals surface area (Å²) in [5.41, 5.74) is 1.74. The van der Waals surface area contributed by atoms with Crippen molar-refractivity contribution < 1.29 is 4.79 Å². The Balaban J connectivity index is 2.00. The lowest BCUT2D eigenvalue weighted by molar-refractivity contribution is 0.0939. The highest BCUT2D eigenvalue weighted by Gasteiger charge is 2.13. The summed E-state index contributed by atoms with van der Waals surface area (Å²) in [5, 5.41) is 4.06. The highest BCUT2D eigenvalue weighted by molar-refractivity contribution is 6.06. The third-order valence-corrected chi connectivity index (χ3v) is 3.45. The molecule has 2 rings (SSSR count). The molecule has 2 aromatic rings. The first kappa shape index (κ1) is 13.7. The maximum atomic E-state index is 12.2. The van der Waals surface area contributed by atoms with E-state index in [-0.39, 0.29) is 11.9 Å². The summed E-state index contributed by atoms with van der Waals surface area (Å²) in [6.07, 6.45) is 6.45. The first-order valence-corrected chi connectivity index (χ1v) is 7.09. The Hall–Kier alpha value is -1.77. The highest BCUT2D eigenvalue weighted by Crippen LogP contribution is 2.17. The van der Waals surface area contributed by atoms with Gasteiger partial charge in [0.15, 0.2) is 0 Å². The van der Waals surface area contributed by atoms with Crippen LogP contribution in [0.2, 0.25) is 0 Å². The molecule has 19 heavy (non-hydrogen) atoms. The van der Waals surface area contributed by atoms with E-state index in [0.717, 1.165) is 22.9 Å². The van der Waals surface area contributed by atoms with E-state index in [4.69, 9.17) is 0 Å². The van der Waals surface area contributed by atoms with Crippen LogP contribution in [-0.4, -0.2) is 16.9 Å². The van der Waals surface area contributed by atoms with Gasteiger partial charge in [0.05, 0.1) is 5.56 Å². The largest absolute Gasteiger partial charge is 0.360 e. The Morgan fingerprint density at radius 3 is 2.89 bits per heavy atom. The first-order chi connectivity index (χ1) is 9.22. The van der Waals surface area contributed by atoms with Crippen LogP contribution in [0.3, 0.4) is 0 Å². The smallest absolute Gasteiger partial charge is 0.253 e. The van der Waals surface area contributed by atoms with Gasteiger partial charge >= 0.3 is 0 Å². The zero-order valence-electron chi connectivity index (χ0n) is 11.7. The zero-order chi connectivity index (χ0) is 13.7. The molecule has 2 N–H and O–H groups in total. The van der Waals surface area contributed by atoms with Crippen molar-refractivity contribution in [2.75, 3.05) is 0 Å². The number of aromatic nitrogens is 1. The van der Waals surface area contributed by atoms with Crippen LogP contribution in [-0.2, 0) is 0 Å². The molecule has 1 unspecified atom stereocenters. The third-order valence-electron chi connectivity index (χ3n) is 3.45. The average Bonchev–Trinajstić information content (AvgIpc) is 2.83. The fraction of sp³-hybridized carbons (Fsp3) is 0.438. The molecule has 0 saturated heterocycles. The third kappa shape index (κ3) is 3.37. The molecule has 3 heteroatoms. The number of unbranched alkanes of at least 4 members (excludes halogenated alkanes) is 2. The van der Waals surface area contributed by atoms with Gasteiger partial charge in [-0.25, -0.2) is 0 Å². The van der Waals surface area contributed by atoms with Gasteiger partial charge in [-0.1, -0.05) is 44.4 Å². The number of carbonyl (C=O) groups is 1. The summed E-state index contributed by atoms with van der Waals surface area (Å²) >= 11 is 0. The normalized spacial score (nSPS) is 12.5. The van der Waals surface area contributed by atoms with Crippen molar-refractivity contribution in [3.63, 3.8) is 0 Å². The van der Waals surface area contributed by atoms with Crippen LogP contribution < -0.4 is 5.32 Å². The molecule has 0 spiro atoms. The summed E-state index contributed by atoms with van der Waals surface area (Å²) in [7, 11) is 0. The van der Waals surface area contributed by atoms with Gasteiger partial charge in [0.25, 0.3) is 5.91 Å². The van der Waals surface area contributed by atoms with Crippen LogP contribution in [0, 0.1) is 0 Å². The second-order valence-electron chi connectivity index (χ2n) is 5.12. The van der Waals surface area contributed by atoms with Gasteiger partial charge in [-0.15, -0.1) is 0 Å². The SMILES string of the molecule is CCCCCC(C)NC(=O)c1c[nH]c2ccccc12. The van der Waals surface area contributed by atoms with Gasteiger partial charge in [-0.05, 0) is 19.4 Å². The van der Waals surface area contributed by atoms with Gasteiger partial charge in [0.1, 0.15) is 0 Å². The number of hydrogen-bond acceptors (Lipinski definition) is 1. The van der Waals surface area contributed by atoms with Crippen LogP contribution in [0.15, 0.2) is 30.5 Å². The van der Waals surface area contributed by atoms with E-state index in [9.17, 15) is 4.79 Å². The molecule has 3 nitrogen and oxygen atoms in total. The topological polar surface area (TPSA) is 44.9 Å². The Labute approximate surface area is 114 Å². The van der Waals surface area contributed by atoms with E-state index in [1.165, 1.54) is 19.3 Å². The van der Waals surface area contributed by atoms with Gasteiger partial charge < -0.3 is 10.3 Å². The number of benzene rings is 1. The Morgan fingerprint density at radius 2 is 2.11 bits per heavy atom. The predicted molar refractivity (Wildman–Crippen MR) is 79.4 cm³/mol. The van der Waals surface area contributed by atoms with E-state index in [1.54, 1.807) is 6.20 Å². The Morgan fingerprint density at radius 1 is 1.32 bits per heavy atom. The molecule has 0 aliphatic carbocycles. The molecule has 1 aromatic heterocycles. The van der Waals surface area contributed by atoms with Crippen molar-refractivity contribution in [2.24, 2.45) is 0 Å². The molecule has 0 bridgehead atoms. The van der Waals surface area contributed by atoms with Crippen molar-refractivity contribution in [2.45, 2.75) is 45.6 Å². The first-order valence-electron chi connectivity index (χ1n) is 7.09. The maximum absolute atomic E-state index is 12.2. The van der Waals surface area contributed by atoms with E-state index in [2.05, 4.69) is 24.1 Å². The Bertz CT molecular complexity index is 544. The van der Waals surface area contributed by atoms with Crippen LogP contribution in [0.25, 0.3) is 10.9 Å². The van der Waals surface area contributed by atoms with Crippen molar-refractivity contribution in [1.29, 1.82) is 0 Å². The number of H-pyrrole nitrogens is 1. The van der Waals surface area contributed by atoms with Crippen molar-refractivity contribution in [3.05, 3.63) is 36.0 Å². The number of carbonyl (C=O) groups excluding carboxylic acids is 1. The number of nitrogens with one attached hydrogen (secondary N) is 2. The highest BCUT2D eigenvalue weighted by atomic mass is 16.1. The van der Waals surface area contributed by atoms with E-state index < -0.39 is 0 Å². The molecule has 1 aromatic carbocycles. The molecule has 0 radical (unpaired) electrons. The minimum absolute atomic E-state index is 0.0152. The summed E-state index contributed by atoms with van der Waals surface area (Å²) in [5.74, 6) is 0.0152.